The molecule has 0 bridgehead atoms. The first-order valence-electron chi connectivity index (χ1n) is 4.39. The van der Waals surface area contributed by atoms with Gasteiger partial charge in [0, 0.05) is 5.56 Å². The van der Waals surface area contributed by atoms with Gasteiger partial charge < -0.3 is 4.98 Å². The first-order valence-corrected chi connectivity index (χ1v) is 5.61. The second-order valence-electron chi connectivity index (χ2n) is 2.71. The normalized spacial score (nSPS) is 10.4. The van der Waals surface area contributed by atoms with Gasteiger partial charge >= 0.3 is 0 Å². The molecule has 1 rings (SSSR count). The molecule has 0 aliphatic carbocycles. The minimum atomic E-state index is 0.0127. The van der Waals surface area contributed by atoms with Gasteiger partial charge in [0.2, 0.25) is 0 Å². The highest BCUT2D eigenvalue weighted by Crippen LogP contribution is 2.09. The van der Waals surface area contributed by atoms with Gasteiger partial charge in [0.1, 0.15) is 0 Å². The van der Waals surface area contributed by atoms with Crippen molar-refractivity contribution in [1.29, 1.82) is 0 Å². The van der Waals surface area contributed by atoms with E-state index in [1.54, 1.807) is 0 Å². The molecule has 0 fully saturated rings. The van der Waals surface area contributed by atoms with Crippen molar-refractivity contribution in [2.45, 2.75) is 31.8 Å². The molecule has 0 saturated heterocycles. The Labute approximate surface area is 82.0 Å². The molecule has 0 spiro atoms. The van der Waals surface area contributed by atoms with E-state index in [4.69, 9.17) is 0 Å². The lowest BCUT2D eigenvalue weighted by molar-refractivity contribution is 0.826. The minimum Gasteiger partial charge on any atom is -0.301 e. The Hall–Kier alpha value is -0.770. The molecule has 0 amide bonds. The highest BCUT2D eigenvalue weighted by molar-refractivity contribution is 7.98. The average Bonchev–Trinajstić information content (AvgIpc) is 2.16. The molecule has 0 aliphatic heterocycles. The minimum absolute atomic E-state index is 0.0127. The number of H-pyrrole nitrogens is 1. The first kappa shape index (κ1) is 10.3. The van der Waals surface area contributed by atoms with Crippen LogP contribution in [0.25, 0.3) is 0 Å². The summed E-state index contributed by atoms with van der Waals surface area (Å²) in [6.07, 6.45) is 3.48. The lowest BCUT2D eigenvalue weighted by Gasteiger charge is -2.04. The van der Waals surface area contributed by atoms with Crippen molar-refractivity contribution >= 4 is 11.8 Å². The van der Waals surface area contributed by atoms with Crippen molar-refractivity contribution in [1.82, 2.24) is 9.97 Å². The predicted octanol–water partition coefficient (Wildman–Crippen LogP) is 1.62. The van der Waals surface area contributed by atoms with E-state index >= 15 is 0 Å². The molecule has 4 heteroatoms. The standard InChI is InChI=1S/C9H14N2OS/c1-4-6-7(5-2)10-9(13-3)11-8(6)12/h4-5H2,1-3H3,(H,10,11,12). The number of hydrogen-bond acceptors (Lipinski definition) is 3. The van der Waals surface area contributed by atoms with E-state index in [9.17, 15) is 4.79 Å². The van der Waals surface area contributed by atoms with Crippen molar-refractivity contribution in [2.24, 2.45) is 0 Å². The smallest absolute Gasteiger partial charge is 0.254 e. The molecule has 72 valence electrons. The second-order valence-corrected chi connectivity index (χ2v) is 3.50. The van der Waals surface area contributed by atoms with E-state index in [1.807, 2.05) is 20.1 Å². The number of thioether (sulfide) groups is 1. The number of hydrogen-bond donors (Lipinski definition) is 1. The molecule has 0 unspecified atom stereocenters. The average molecular weight is 198 g/mol. The molecular weight excluding hydrogens is 184 g/mol. The lowest BCUT2D eigenvalue weighted by atomic mass is 10.1. The van der Waals surface area contributed by atoms with Crippen LogP contribution in [0, 0.1) is 0 Å². The Morgan fingerprint density at radius 1 is 1.38 bits per heavy atom. The van der Waals surface area contributed by atoms with Gasteiger partial charge in [-0.05, 0) is 19.1 Å². The van der Waals surface area contributed by atoms with Crippen LogP contribution < -0.4 is 5.56 Å². The van der Waals surface area contributed by atoms with E-state index in [2.05, 4.69) is 9.97 Å². The van der Waals surface area contributed by atoms with Gasteiger partial charge in [-0.2, -0.15) is 0 Å². The summed E-state index contributed by atoms with van der Waals surface area (Å²) >= 11 is 1.47. The number of aryl methyl sites for hydroxylation is 1. The summed E-state index contributed by atoms with van der Waals surface area (Å²) in [4.78, 5) is 18.6. The molecule has 0 atom stereocenters. The fraction of sp³-hybridized carbons (Fsp3) is 0.556. The largest absolute Gasteiger partial charge is 0.301 e. The van der Waals surface area contributed by atoms with E-state index in [0.29, 0.717) is 5.16 Å². The number of aromatic amines is 1. The Kier molecular flexibility index (Phi) is 3.54. The number of nitrogens with zero attached hydrogens (tertiary/aromatic N) is 1. The summed E-state index contributed by atoms with van der Waals surface area (Å²) in [5, 5.41) is 0.707. The maximum Gasteiger partial charge on any atom is 0.254 e. The zero-order valence-corrected chi connectivity index (χ0v) is 8.99. The van der Waals surface area contributed by atoms with E-state index in [0.717, 1.165) is 24.1 Å². The van der Waals surface area contributed by atoms with Crippen molar-refractivity contribution in [3.05, 3.63) is 21.6 Å². The SMILES string of the molecule is CCc1nc(SC)[nH]c(=O)c1CC. The van der Waals surface area contributed by atoms with Gasteiger partial charge in [-0.25, -0.2) is 4.98 Å². The Morgan fingerprint density at radius 2 is 2.08 bits per heavy atom. The summed E-state index contributed by atoms with van der Waals surface area (Å²) < 4.78 is 0. The van der Waals surface area contributed by atoms with Gasteiger partial charge in [-0.1, -0.05) is 25.6 Å². The summed E-state index contributed by atoms with van der Waals surface area (Å²) in [6.45, 7) is 4.00. The maximum atomic E-state index is 11.5. The Bertz CT molecular complexity index is 346. The van der Waals surface area contributed by atoms with Crippen LogP contribution in [-0.4, -0.2) is 16.2 Å². The monoisotopic (exact) mass is 198 g/mol. The van der Waals surface area contributed by atoms with E-state index in [-0.39, 0.29) is 5.56 Å². The van der Waals surface area contributed by atoms with Crippen LogP contribution in [0.15, 0.2) is 9.95 Å². The molecule has 1 N–H and O–H groups in total. The van der Waals surface area contributed by atoms with Crippen LogP contribution in [0.3, 0.4) is 0 Å². The van der Waals surface area contributed by atoms with Crippen LogP contribution in [-0.2, 0) is 12.8 Å². The van der Waals surface area contributed by atoms with Gasteiger partial charge in [-0.15, -0.1) is 0 Å². The molecule has 0 aliphatic rings. The third kappa shape index (κ3) is 2.12. The maximum absolute atomic E-state index is 11.5. The van der Waals surface area contributed by atoms with Crippen LogP contribution in [0.2, 0.25) is 0 Å². The fourth-order valence-electron chi connectivity index (χ4n) is 1.28. The summed E-state index contributed by atoms with van der Waals surface area (Å²) in [6, 6.07) is 0. The third-order valence-corrected chi connectivity index (χ3v) is 2.54. The van der Waals surface area contributed by atoms with Crippen LogP contribution >= 0.6 is 11.8 Å². The summed E-state index contributed by atoms with van der Waals surface area (Å²) in [7, 11) is 0. The van der Waals surface area contributed by atoms with Gasteiger partial charge in [0.05, 0.1) is 5.69 Å². The molecule has 1 aromatic rings. The Morgan fingerprint density at radius 3 is 2.54 bits per heavy atom. The van der Waals surface area contributed by atoms with E-state index < -0.39 is 0 Å². The van der Waals surface area contributed by atoms with Gasteiger partial charge in [0.15, 0.2) is 5.16 Å². The Balaban J connectivity index is 3.29. The lowest BCUT2D eigenvalue weighted by Crippen LogP contribution is -2.17. The summed E-state index contributed by atoms with van der Waals surface area (Å²) in [5.41, 5.74) is 1.76. The molecular formula is C9H14N2OS. The van der Waals surface area contributed by atoms with E-state index in [1.165, 1.54) is 11.8 Å². The highest BCUT2D eigenvalue weighted by atomic mass is 32.2. The molecule has 1 heterocycles. The van der Waals surface area contributed by atoms with Crippen molar-refractivity contribution in [3.8, 4) is 0 Å². The van der Waals surface area contributed by atoms with Crippen molar-refractivity contribution < 1.29 is 0 Å². The predicted molar refractivity (Wildman–Crippen MR) is 55.4 cm³/mol. The third-order valence-electron chi connectivity index (χ3n) is 1.96. The zero-order chi connectivity index (χ0) is 9.84. The quantitative estimate of drug-likeness (QED) is 0.593. The fourth-order valence-corrected chi connectivity index (χ4v) is 1.67. The van der Waals surface area contributed by atoms with Crippen molar-refractivity contribution in [3.63, 3.8) is 0 Å². The van der Waals surface area contributed by atoms with Crippen LogP contribution in [0.4, 0.5) is 0 Å². The molecule has 0 saturated carbocycles. The number of rotatable bonds is 3. The topological polar surface area (TPSA) is 45.8 Å². The first-order chi connectivity index (χ1) is 6.22. The van der Waals surface area contributed by atoms with Crippen LogP contribution in [0.1, 0.15) is 25.1 Å². The number of nitrogens with one attached hydrogen (secondary N) is 1. The molecule has 0 aromatic carbocycles. The zero-order valence-electron chi connectivity index (χ0n) is 8.18. The van der Waals surface area contributed by atoms with Gasteiger partial charge in [-0.3, -0.25) is 4.79 Å². The molecule has 13 heavy (non-hydrogen) atoms. The molecule has 1 aromatic heterocycles. The van der Waals surface area contributed by atoms with Gasteiger partial charge in [0.25, 0.3) is 5.56 Å². The molecule has 3 nitrogen and oxygen atoms in total. The highest BCUT2D eigenvalue weighted by Gasteiger charge is 2.06. The summed E-state index contributed by atoms with van der Waals surface area (Å²) in [5.74, 6) is 0. The number of aromatic nitrogens is 2. The van der Waals surface area contributed by atoms with Crippen LogP contribution in [0.5, 0.6) is 0 Å². The molecule has 0 radical (unpaired) electrons. The second kappa shape index (κ2) is 4.46. The van der Waals surface area contributed by atoms with Crippen molar-refractivity contribution in [2.75, 3.05) is 6.26 Å².